The predicted octanol–water partition coefficient (Wildman–Crippen LogP) is 1.03. The third kappa shape index (κ3) is 4.33. The van der Waals surface area contributed by atoms with Gasteiger partial charge in [-0.2, -0.15) is 0 Å². The molecule has 1 atom stereocenters. The van der Waals surface area contributed by atoms with Crippen LogP contribution in [0.3, 0.4) is 0 Å². The number of hydrogen-bond acceptors (Lipinski definition) is 4. The maximum atomic E-state index is 13.3. The zero-order valence-electron chi connectivity index (χ0n) is 12.3. The molecule has 0 spiro atoms. The molecule has 1 fully saturated rings. The maximum absolute atomic E-state index is 13.3. The molecule has 122 valence electrons. The van der Waals surface area contributed by atoms with Crippen molar-refractivity contribution in [3.63, 3.8) is 0 Å². The summed E-state index contributed by atoms with van der Waals surface area (Å²) in [6, 6.07) is 5.37. The van der Waals surface area contributed by atoms with Crippen molar-refractivity contribution in [3.05, 3.63) is 30.1 Å². The Balaban J connectivity index is 1.73. The number of para-hydroxylation sites is 1. The van der Waals surface area contributed by atoms with E-state index in [9.17, 15) is 17.6 Å². The van der Waals surface area contributed by atoms with Crippen LogP contribution in [0.2, 0.25) is 0 Å². The van der Waals surface area contributed by atoms with Crippen LogP contribution in [-0.4, -0.2) is 57.1 Å². The third-order valence-corrected chi connectivity index (χ3v) is 5.30. The highest BCUT2D eigenvalue weighted by Gasteiger charge is 2.32. The van der Waals surface area contributed by atoms with Gasteiger partial charge in [-0.1, -0.05) is 12.1 Å². The van der Waals surface area contributed by atoms with E-state index < -0.39 is 15.7 Å². The fourth-order valence-corrected chi connectivity index (χ4v) is 4.03. The highest BCUT2D eigenvalue weighted by Crippen LogP contribution is 2.16. The van der Waals surface area contributed by atoms with Crippen LogP contribution in [0.1, 0.15) is 6.42 Å². The molecule has 0 aromatic heterocycles. The first-order chi connectivity index (χ1) is 10.4. The Kier molecular flexibility index (Phi) is 5.23. The maximum Gasteiger partial charge on any atom is 0.317 e. The number of rotatable bonds is 5. The van der Waals surface area contributed by atoms with Gasteiger partial charge in [-0.3, -0.25) is 0 Å². The molecule has 1 aromatic carbocycles. The Morgan fingerprint density at radius 2 is 2.18 bits per heavy atom. The molecule has 0 radical (unpaired) electrons. The van der Waals surface area contributed by atoms with E-state index in [0.29, 0.717) is 6.42 Å². The molecule has 1 heterocycles. The second-order valence-corrected chi connectivity index (χ2v) is 7.41. The summed E-state index contributed by atoms with van der Waals surface area (Å²) >= 11 is 0. The number of ether oxygens (including phenoxy) is 1. The molecular formula is C14H19FN2O4S. The van der Waals surface area contributed by atoms with Crippen LogP contribution in [-0.2, 0) is 9.84 Å². The summed E-state index contributed by atoms with van der Waals surface area (Å²) in [7, 11) is -1.46. The Morgan fingerprint density at radius 1 is 1.45 bits per heavy atom. The predicted molar refractivity (Wildman–Crippen MR) is 80.1 cm³/mol. The number of nitrogens with one attached hydrogen (secondary N) is 1. The van der Waals surface area contributed by atoms with Crippen LogP contribution in [0.25, 0.3) is 0 Å². The van der Waals surface area contributed by atoms with E-state index in [0.717, 1.165) is 0 Å². The lowest BCUT2D eigenvalue weighted by Gasteiger charge is -2.23. The van der Waals surface area contributed by atoms with Gasteiger partial charge < -0.3 is 15.0 Å². The van der Waals surface area contributed by atoms with Crippen LogP contribution >= 0.6 is 0 Å². The van der Waals surface area contributed by atoms with Crippen LogP contribution in [0.15, 0.2) is 24.3 Å². The number of amides is 2. The Labute approximate surface area is 129 Å². The van der Waals surface area contributed by atoms with Crippen molar-refractivity contribution in [2.24, 2.45) is 0 Å². The van der Waals surface area contributed by atoms with Gasteiger partial charge in [0.1, 0.15) is 6.61 Å². The molecule has 2 rings (SSSR count). The van der Waals surface area contributed by atoms with Gasteiger partial charge in [0.05, 0.1) is 18.1 Å². The minimum Gasteiger partial charge on any atom is -0.489 e. The topological polar surface area (TPSA) is 75.7 Å². The number of halogens is 1. The van der Waals surface area contributed by atoms with E-state index in [1.165, 1.54) is 17.0 Å². The number of urea groups is 1. The first-order valence-corrected chi connectivity index (χ1v) is 8.79. The first-order valence-electron chi connectivity index (χ1n) is 6.97. The average molecular weight is 330 g/mol. The van der Waals surface area contributed by atoms with E-state index in [4.69, 9.17) is 4.74 Å². The largest absolute Gasteiger partial charge is 0.489 e. The lowest BCUT2D eigenvalue weighted by atomic mass is 10.2. The smallest absolute Gasteiger partial charge is 0.317 e. The molecule has 1 aromatic rings. The second-order valence-electron chi connectivity index (χ2n) is 5.18. The van der Waals surface area contributed by atoms with Crippen LogP contribution in [0.4, 0.5) is 9.18 Å². The summed E-state index contributed by atoms with van der Waals surface area (Å²) in [6.07, 6.45) is 0.456. The fourth-order valence-electron chi connectivity index (χ4n) is 2.25. The van der Waals surface area contributed by atoms with Gasteiger partial charge in [-0.05, 0) is 18.6 Å². The molecule has 2 amide bonds. The monoisotopic (exact) mass is 330 g/mol. The number of hydrogen-bond donors (Lipinski definition) is 1. The van der Waals surface area contributed by atoms with Crippen LogP contribution < -0.4 is 10.1 Å². The van der Waals surface area contributed by atoms with Crippen molar-refractivity contribution < 1.29 is 22.3 Å². The molecule has 1 N–H and O–H groups in total. The molecule has 0 saturated carbocycles. The van der Waals surface area contributed by atoms with Gasteiger partial charge in [0, 0.05) is 13.1 Å². The third-order valence-electron chi connectivity index (χ3n) is 3.55. The highest BCUT2D eigenvalue weighted by molar-refractivity contribution is 7.91. The van der Waals surface area contributed by atoms with Crippen molar-refractivity contribution in [1.82, 2.24) is 10.2 Å². The van der Waals surface area contributed by atoms with Crippen LogP contribution in [0, 0.1) is 5.82 Å². The summed E-state index contributed by atoms with van der Waals surface area (Å²) in [5.74, 6) is -0.206. The second kappa shape index (κ2) is 6.95. The lowest BCUT2D eigenvalue weighted by molar-refractivity contribution is 0.192. The van der Waals surface area contributed by atoms with Crippen molar-refractivity contribution in [3.8, 4) is 5.75 Å². The fraction of sp³-hybridized carbons (Fsp3) is 0.500. The van der Waals surface area contributed by atoms with Gasteiger partial charge in [0.15, 0.2) is 21.4 Å². The van der Waals surface area contributed by atoms with Gasteiger partial charge in [-0.15, -0.1) is 0 Å². The summed E-state index contributed by atoms with van der Waals surface area (Å²) in [6.45, 7) is 0.334. The van der Waals surface area contributed by atoms with Crippen molar-refractivity contribution >= 4 is 15.9 Å². The number of nitrogens with zero attached hydrogens (tertiary/aromatic N) is 1. The molecule has 6 nitrogen and oxygen atoms in total. The number of sulfone groups is 1. The SMILES string of the molecule is CN(C(=O)NCCOc1ccccc1F)C1CCS(=O)(=O)C1. The quantitative estimate of drug-likeness (QED) is 0.818. The molecule has 22 heavy (non-hydrogen) atoms. The van der Waals surface area contributed by atoms with Crippen molar-refractivity contribution in [1.29, 1.82) is 0 Å². The van der Waals surface area contributed by atoms with Crippen molar-refractivity contribution in [2.75, 3.05) is 31.7 Å². The number of benzene rings is 1. The van der Waals surface area contributed by atoms with Gasteiger partial charge in [0.25, 0.3) is 0 Å². The van der Waals surface area contributed by atoms with Crippen LogP contribution in [0.5, 0.6) is 5.75 Å². The Hall–Kier alpha value is -1.83. The zero-order chi connectivity index (χ0) is 16.2. The molecule has 1 aliphatic rings. The van der Waals surface area contributed by atoms with E-state index >= 15 is 0 Å². The minimum absolute atomic E-state index is 0.00263. The number of carbonyl (C=O) groups excluding carboxylic acids is 1. The molecule has 0 bridgehead atoms. The molecular weight excluding hydrogens is 311 g/mol. The standard InChI is InChI=1S/C14H19FN2O4S/c1-17(11-6-9-22(19,20)10-11)14(18)16-7-8-21-13-5-3-2-4-12(13)15/h2-5,11H,6-10H2,1H3,(H,16,18). The normalized spacial score (nSPS) is 19.6. The first kappa shape index (κ1) is 16.5. The zero-order valence-corrected chi connectivity index (χ0v) is 13.1. The highest BCUT2D eigenvalue weighted by atomic mass is 32.2. The summed E-state index contributed by atoms with van der Waals surface area (Å²) in [4.78, 5) is 13.3. The van der Waals surface area contributed by atoms with E-state index in [1.807, 2.05) is 0 Å². The Bertz CT molecular complexity index is 635. The van der Waals surface area contributed by atoms with Gasteiger partial charge in [0.2, 0.25) is 0 Å². The molecule has 8 heteroatoms. The average Bonchev–Trinajstić information content (AvgIpc) is 2.84. The Morgan fingerprint density at radius 3 is 2.82 bits per heavy atom. The minimum atomic E-state index is -3.03. The molecule has 1 saturated heterocycles. The van der Waals surface area contributed by atoms with Gasteiger partial charge >= 0.3 is 6.03 Å². The molecule has 1 aliphatic heterocycles. The summed E-state index contributed by atoms with van der Waals surface area (Å²) < 4.78 is 41.3. The van der Waals surface area contributed by atoms with Crippen molar-refractivity contribution in [2.45, 2.75) is 12.5 Å². The van der Waals surface area contributed by atoms with E-state index in [-0.39, 0.29) is 42.5 Å². The number of carbonyl (C=O) groups is 1. The molecule has 1 unspecified atom stereocenters. The summed E-state index contributed by atoms with van der Waals surface area (Å²) in [5.41, 5.74) is 0. The lowest BCUT2D eigenvalue weighted by Crippen LogP contribution is -2.45. The van der Waals surface area contributed by atoms with Gasteiger partial charge in [-0.25, -0.2) is 17.6 Å². The van der Waals surface area contributed by atoms with E-state index in [2.05, 4.69) is 5.32 Å². The molecule has 0 aliphatic carbocycles. The van der Waals surface area contributed by atoms with E-state index in [1.54, 1.807) is 19.2 Å². The summed E-state index contributed by atoms with van der Waals surface area (Å²) in [5, 5.41) is 2.62.